The number of aromatic nitrogens is 2. The monoisotopic (exact) mass is 177 g/mol. The van der Waals surface area contributed by atoms with Crippen molar-refractivity contribution < 1.29 is 9.53 Å². The van der Waals surface area contributed by atoms with Gasteiger partial charge in [-0.3, -0.25) is 4.98 Å². The molecule has 0 amide bonds. The van der Waals surface area contributed by atoms with Crippen LogP contribution in [0.1, 0.15) is 21.9 Å². The Morgan fingerprint density at radius 2 is 2.38 bits per heavy atom. The molecule has 66 valence electrons. The van der Waals surface area contributed by atoms with Crippen molar-refractivity contribution in [3.8, 4) is 6.07 Å². The lowest BCUT2D eigenvalue weighted by Crippen LogP contribution is -2.09. The van der Waals surface area contributed by atoms with Crippen molar-refractivity contribution in [3.63, 3.8) is 0 Å². The van der Waals surface area contributed by atoms with Gasteiger partial charge in [0.1, 0.15) is 6.07 Å². The summed E-state index contributed by atoms with van der Waals surface area (Å²) >= 11 is 0. The van der Waals surface area contributed by atoms with E-state index in [0.29, 0.717) is 5.69 Å². The van der Waals surface area contributed by atoms with E-state index in [0.717, 1.165) is 0 Å². The summed E-state index contributed by atoms with van der Waals surface area (Å²) in [4.78, 5) is 18.7. The first kappa shape index (κ1) is 9.13. The molecule has 5 heteroatoms. The summed E-state index contributed by atoms with van der Waals surface area (Å²) in [5.74, 6) is -0.581. The number of hydrogen-bond acceptors (Lipinski definition) is 5. The zero-order chi connectivity index (χ0) is 9.84. The highest BCUT2D eigenvalue weighted by molar-refractivity contribution is 5.88. The highest BCUT2D eigenvalue weighted by Crippen LogP contribution is 2.03. The molecule has 0 spiro atoms. The van der Waals surface area contributed by atoms with Crippen molar-refractivity contribution in [1.29, 1.82) is 5.26 Å². The van der Waals surface area contributed by atoms with Gasteiger partial charge >= 0.3 is 5.97 Å². The Kier molecular flexibility index (Phi) is 2.55. The highest BCUT2D eigenvalue weighted by atomic mass is 16.5. The Hall–Kier alpha value is -1.96. The Balaban J connectivity index is 3.20. The maximum absolute atomic E-state index is 11.1. The predicted molar refractivity (Wildman–Crippen MR) is 42.8 cm³/mol. The van der Waals surface area contributed by atoms with Crippen LogP contribution in [0.4, 0.5) is 0 Å². The predicted octanol–water partition coefficient (Wildman–Crippen LogP) is 0.443. The molecule has 0 aliphatic rings. The molecule has 0 unspecified atom stereocenters. The van der Waals surface area contributed by atoms with E-state index in [1.54, 1.807) is 13.0 Å². The van der Waals surface area contributed by atoms with E-state index in [-0.39, 0.29) is 11.4 Å². The van der Waals surface area contributed by atoms with Gasteiger partial charge in [-0.25, -0.2) is 9.78 Å². The molecule has 0 saturated heterocycles. The number of methoxy groups -OCH3 is 1. The fourth-order valence-electron chi connectivity index (χ4n) is 0.793. The van der Waals surface area contributed by atoms with Crippen molar-refractivity contribution in [2.24, 2.45) is 0 Å². The number of rotatable bonds is 1. The van der Waals surface area contributed by atoms with Crippen LogP contribution in [0.5, 0.6) is 0 Å². The Morgan fingerprint density at radius 1 is 1.69 bits per heavy atom. The van der Waals surface area contributed by atoms with E-state index in [1.807, 2.05) is 0 Å². The summed E-state index contributed by atoms with van der Waals surface area (Å²) in [7, 11) is 1.25. The molecule has 0 aliphatic carbocycles. The zero-order valence-electron chi connectivity index (χ0n) is 7.24. The fourth-order valence-corrected chi connectivity index (χ4v) is 0.793. The lowest BCUT2D eigenvalue weighted by molar-refractivity contribution is 0.0592. The molecule has 13 heavy (non-hydrogen) atoms. The third-order valence-electron chi connectivity index (χ3n) is 1.45. The standard InChI is InChI=1S/C8H7N3O2/c1-5-7(8(12)13-2)11-6(3-9)4-10-5/h4H,1-2H3. The first-order valence-corrected chi connectivity index (χ1v) is 3.51. The van der Waals surface area contributed by atoms with Crippen molar-refractivity contribution >= 4 is 5.97 Å². The van der Waals surface area contributed by atoms with E-state index in [4.69, 9.17) is 5.26 Å². The number of nitriles is 1. The van der Waals surface area contributed by atoms with Crippen LogP contribution in [-0.2, 0) is 4.74 Å². The molecule has 0 radical (unpaired) electrons. The normalized spacial score (nSPS) is 9.00. The second-order valence-electron chi connectivity index (χ2n) is 2.29. The minimum atomic E-state index is -0.581. The largest absolute Gasteiger partial charge is 0.464 e. The first-order chi connectivity index (χ1) is 6.19. The Bertz CT molecular complexity index is 381. The van der Waals surface area contributed by atoms with E-state index in [1.165, 1.54) is 13.3 Å². The quantitative estimate of drug-likeness (QED) is 0.582. The fraction of sp³-hybridized carbons (Fsp3) is 0.250. The second-order valence-corrected chi connectivity index (χ2v) is 2.29. The van der Waals surface area contributed by atoms with Gasteiger partial charge in [0.05, 0.1) is 19.0 Å². The SMILES string of the molecule is COC(=O)c1nc(C#N)cnc1C. The number of nitrogens with zero attached hydrogens (tertiary/aromatic N) is 3. The average molecular weight is 177 g/mol. The third kappa shape index (κ3) is 1.79. The Morgan fingerprint density at radius 3 is 2.92 bits per heavy atom. The summed E-state index contributed by atoms with van der Waals surface area (Å²) in [6.45, 7) is 1.63. The number of hydrogen-bond donors (Lipinski definition) is 0. The summed E-state index contributed by atoms with van der Waals surface area (Å²) in [6.07, 6.45) is 1.31. The van der Waals surface area contributed by atoms with Crippen molar-refractivity contribution in [3.05, 3.63) is 23.3 Å². The minimum absolute atomic E-state index is 0.0848. The molecule has 1 aromatic heterocycles. The second kappa shape index (κ2) is 3.63. The molecular weight excluding hydrogens is 170 g/mol. The maximum Gasteiger partial charge on any atom is 0.358 e. The topological polar surface area (TPSA) is 75.9 Å². The number of carbonyl (C=O) groups excluding carboxylic acids is 1. The van der Waals surface area contributed by atoms with Gasteiger partial charge in [-0.15, -0.1) is 0 Å². The molecule has 1 heterocycles. The molecule has 0 aromatic carbocycles. The van der Waals surface area contributed by atoms with Gasteiger partial charge in [0.2, 0.25) is 0 Å². The summed E-state index contributed by atoms with van der Waals surface area (Å²) in [5.41, 5.74) is 0.637. The molecule has 0 atom stereocenters. The zero-order valence-corrected chi connectivity index (χ0v) is 7.24. The van der Waals surface area contributed by atoms with E-state index in [2.05, 4.69) is 14.7 Å². The molecule has 0 N–H and O–H groups in total. The highest BCUT2D eigenvalue weighted by Gasteiger charge is 2.12. The molecule has 0 fully saturated rings. The van der Waals surface area contributed by atoms with E-state index >= 15 is 0 Å². The van der Waals surface area contributed by atoms with Crippen molar-refractivity contribution in [2.45, 2.75) is 6.92 Å². The molecule has 0 saturated carbocycles. The van der Waals surface area contributed by atoms with Gasteiger partial charge < -0.3 is 4.74 Å². The van der Waals surface area contributed by atoms with Crippen LogP contribution >= 0.6 is 0 Å². The number of ether oxygens (including phenoxy) is 1. The third-order valence-corrected chi connectivity index (χ3v) is 1.45. The van der Waals surface area contributed by atoms with Gasteiger partial charge in [0.15, 0.2) is 11.4 Å². The summed E-state index contributed by atoms with van der Waals surface area (Å²) in [6, 6.07) is 1.79. The smallest absolute Gasteiger partial charge is 0.358 e. The van der Waals surface area contributed by atoms with Gasteiger partial charge in [-0.1, -0.05) is 0 Å². The van der Waals surface area contributed by atoms with Crippen LogP contribution in [-0.4, -0.2) is 23.0 Å². The van der Waals surface area contributed by atoms with E-state index in [9.17, 15) is 4.79 Å². The van der Waals surface area contributed by atoms with Crippen LogP contribution in [0.3, 0.4) is 0 Å². The van der Waals surface area contributed by atoms with Crippen LogP contribution in [0.2, 0.25) is 0 Å². The molecule has 0 bridgehead atoms. The average Bonchev–Trinajstić information content (AvgIpc) is 2.17. The van der Waals surface area contributed by atoms with Crippen LogP contribution < -0.4 is 0 Å². The summed E-state index contributed by atoms with van der Waals surface area (Å²) < 4.78 is 4.47. The number of carbonyl (C=O) groups is 1. The van der Waals surface area contributed by atoms with Crippen LogP contribution in [0, 0.1) is 18.3 Å². The van der Waals surface area contributed by atoms with Gasteiger partial charge in [0.25, 0.3) is 0 Å². The van der Waals surface area contributed by atoms with Crippen LogP contribution in [0.15, 0.2) is 6.20 Å². The molecule has 1 aromatic rings. The molecular formula is C8H7N3O2. The molecule has 0 aliphatic heterocycles. The molecule has 1 rings (SSSR count). The van der Waals surface area contributed by atoms with Gasteiger partial charge in [0, 0.05) is 0 Å². The Labute approximate surface area is 75.0 Å². The minimum Gasteiger partial charge on any atom is -0.464 e. The lowest BCUT2D eigenvalue weighted by atomic mass is 10.3. The first-order valence-electron chi connectivity index (χ1n) is 3.51. The number of esters is 1. The van der Waals surface area contributed by atoms with Crippen molar-refractivity contribution in [1.82, 2.24) is 9.97 Å². The van der Waals surface area contributed by atoms with E-state index < -0.39 is 5.97 Å². The molecule has 5 nitrogen and oxygen atoms in total. The van der Waals surface area contributed by atoms with Gasteiger partial charge in [-0.2, -0.15) is 5.26 Å². The summed E-state index contributed by atoms with van der Waals surface area (Å²) in [5, 5.41) is 8.50. The number of aryl methyl sites for hydroxylation is 1. The maximum atomic E-state index is 11.1. The lowest BCUT2D eigenvalue weighted by Gasteiger charge is -2.00. The van der Waals surface area contributed by atoms with Gasteiger partial charge in [-0.05, 0) is 6.92 Å². The van der Waals surface area contributed by atoms with Crippen LogP contribution in [0.25, 0.3) is 0 Å². The van der Waals surface area contributed by atoms with Crippen molar-refractivity contribution in [2.75, 3.05) is 7.11 Å².